The summed E-state index contributed by atoms with van der Waals surface area (Å²) in [7, 11) is 0. The van der Waals surface area contributed by atoms with Crippen LogP contribution in [-0.2, 0) is 6.42 Å². The lowest BCUT2D eigenvalue weighted by Gasteiger charge is -2.12. The zero-order valence-electron chi connectivity index (χ0n) is 14.5. The minimum atomic E-state index is -0.651. The molecule has 0 aliphatic heterocycles. The van der Waals surface area contributed by atoms with Crippen LogP contribution in [0.2, 0.25) is 4.34 Å². The van der Waals surface area contributed by atoms with Gasteiger partial charge in [-0.15, -0.1) is 11.3 Å². The summed E-state index contributed by atoms with van der Waals surface area (Å²) in [5.41, 5.74) is 1.97. The third-order valence-corrected chi connectivity index (χ3v) is 5.11. The lowest BCUT2D eigenvalue weighted by Crippen LogP contribution is -2.38. The second-order valence-corrected chi connectivity index (χ2v) is 7.50. The number of fused-ring (bicyclic) bond motifs is 1. The van der Waals surface area contributed by atoms with Crippen molar-refractivity contribution in [2.24, 2.45) is 4.99 Å². The predicted octanol–water partition coefficient (Wildman–Crippen LogP) is 2.88. The van der Waals surface area contributed by atoms with Crippen LogP contribution in [0.3, 0.4) is 0 Å². The van der Waals surface area contributed by atoms with Crippen molar-refractivity contribution in [3.63, 3.8) is 0 Å². The maximum Gasteiger partial charge on any atom is 0.191 e. The molecule has 3 N–H and O–H groups in total. The fourth-order valence-corrected chi connectivity index (χ4v) is 3.57. The molecule has 138 valence electrons. The van der Waals surface area contributed by atoms with Crippen LogP contribution < -0.4 is 10.6 Å². The van der Waals surface area contributed by atoms with E-state index in [9.17, 15) is 5.11 Å². The number of pyridine rings is 1. The van der Waals surface area contributed by atoms with Crippen molar-refractivity contribution < 1.29 is 5.11 Å². The van der Waals surface area contributed by atoms with E-state index in [4.69, 9.17) is 11.6 Å². The molecule has 3 aromatic heterocycles. The summed E-state index contributed by atoms with van der Waals surface area (Å²) in [5.74, 6) is 0.679. The van der Waals surface area contributed by atoms with Gasteiger partial charge in [-0.25, -0.2) is 4.98 Å². The van der Waals surface area contributed by atoms with Crippen molar-refractivity contribution in [2.75, 3.05) is 19.6 Å². The van der Waals surface area contributed by atoms with Crippen LogP contribution in [0.1, 0.15) is 23.6 Å². The smallest absolute Gasteiger partial charge is 0.191 e. The Morgan fingerprint density at radius 3 is 2.96 bits per heavy atom. The summed E-state index contributed by atoms with van der Waals surface area (Å²) in [6.45, 7) is 3.74. The van der Waals surface area contributed by atoms with E-state index in [-0.39, 0.29) is 6.54 Å². The molecular weight excluding hydrogens is 370 g/mol. The van der Waals surface area contributed by atoms with E-state index in [1.807, 2.05) is 48.0 Å². The number of aliphatic hydroxyl groups excluding tert-OH is 1. The summed E-state index contributed by atoms with van der Waals surface area (Å²) in [6, 6.07) is 9.56. The van der Waals surface area contributed by atoms with Crippen LogP contribution in [-0.4, -0.2) is 40.1 Å². The first-order valence-electron chi connectivity index (χ1n) is 8.54. The topological polar surface area (TPSA) is 74.0 Å². The van der Waals surface area contributed by atoms with Gasteiger partial charge in [-0.05, 0) is 31.2 Å². The molecule has 0 saturated carbocycles. The highest BCUT2D eigenvalue weighted by atomic mass is 35.5. The number of aromatic nitrogens is 2. The zero-order valence-corrected chi connectivity index (χ0v) is 16.1. The van der Waals surface area contributed by atoms with Gasteiger partial charge >= 0.3 is 0 Å². The highest BCUT2D eigenvalue weighted by Crippen LogP contribution is 2.26. The molecule has 26 heavy (non-hydrogen) atoms. The van der Waals surface area contributed by atoms with Crippen LogP contribution in [0.4, 0.5) is 0 Å². The molecule has 0 radical (unpaired) electrons. The molecule has 3 aromatic rings. The predicted molar refractivity (Wildman–Crippen MR) is 107 cm³/mol. The van der Waals surface area contributed by atoms with Crippen LogP contribution >= 0.6 is 22.9 Å². The molecule has 1 atom stereocenters. The summed E-state index contributed by atoms with van der Waals surface area (Å²) >= 11 is 7.28. The third-order valence-electron chi connectivity index (χ3n) is 3.78. The third kappa shape index (κ3) is 4.97. The van der Waals surface area contributed by atoms with Gasteiger partial charge in [-0.2, -0.15) is 0 Å². The van der Waals surface area contributed by atoms with Gasteiger partial charge in [-0.3, -0.25) is 4.99 Å². The largest absolute Gasteiger partial charge is 0.386 e. The number of imidazole rings is 1. The van der Waals surface area contributed by atoms with Gasteiger partial charge in [-0.1, -0.05) is 17.7 Å². The monoisotopic (exact) mass is 391 g/mol. The van der Waals surface area contributed by atoms with Crippen molar-refractivity contribution in [3.05, 3.63) is 57.6 Å². The number of nitrogens with one attached hydrogen (secondary N) is 2. The average Bonchev–Trinajstić information content (AvgIpc) is 3.25. The molecule has 6 nitrogen and oxygen atoms in total. The Morgan fingerprint density at radius 2 is 2.23 bits per heavy atom. The highest BCUT2D eigenvalue weighted by molar-refractivity contribution is 7.16. The molecule has 0 bridgehead atoms. The van der Waals surface area contributed by atoms with Crippen molar-refractivity contribution in [3.8, 4) is 0 Å². The number of guanidine groups is 1. The second-order valence-electron chi connectivity index (χ2n) is 5.75. The molecule has 8 heteroatoms. The molecule has 0 saturated heterocycles. The molecular formula is C18H22ClN5OS. The first kappa shape index (κ1) is 18.7. The summed E-state index contributed by atoms with van der Waals surface area (Å²) in [5, 5.41) is 16.7. The number of rotatable bonds is 7. The molecule has 3 heterocycles. The normalized spacial score (nSPS) is 13.1. The summed E-state index contributed by atoms with van der Waals surface area (Å²) in [4.78, 5) is 9.86. The molecule has 0 fully saturated rings. The van der Waals surface area contributed by atoms with Gasteiger partial charge in [0.1, 0.15) is 11.8 Å². The first-order valence-corrected chi connectivity index (χ1v) is 9.73. The lowest BCUT2D eigenvalue weighted by molar-refractivity contribution is 0.191. The van der Waals surface area contributed by atoms with Crippen molar-refractivity contribution >= 4 is 34.5 Å². The fraction of sp³-hybridized carbons (Fsp3) is 0.333. The Bertz CT molecular complexity index is 842. The van der Waals surface area contributed by atoms with E-state index in [2.05, 4.69) is 20.6 Å². The zero-order chi connectivity index (χ0) is 18.4. The summed E-state index contributed by atoms with van der Waals surface area (Å²) in [6.07, 6.45) is 4.16. The minimum Gasteiger partial charge on any atom is -0.386 e. The maximum atomic E-state index is 10.2. The molecule has 1 unspecified atom stereocenters. The van der Waals surface area contributed by atoms with Gasteiger partial charge in [0, 0.05) is 36.8 Å². The molecule has 0 amide bonds. The number of halogens is 1. The van der Waals surface area contributed by atoms with E-state index < -0.39 is 6.10 Å². The number of hydrogen-bond acceptors (Lipinski definition) is 4. The van der Waals surface area contributed by atoms with E-state index in [1.54, 1.807) is 6.07 Å². The van der Waals surface area contributed by atoms with Crippen LogP contribution in [0.15, 0.2) is 47.7 Å². The average molecular weight is 392 g/mol. The van der Waals surface area contributed by atoms with E-state index >= 15 is 0 Å². The number of thiophene rings is 1. The Labute approximate surface area is 161 Å². The molecule has 0 aliphatic rings. The van der Waals surface area contributed by atoms with E-state index in [1.165, 1.54) is 11.3 Å². The van der Waals surface area contributed by atoms with E-state index in [0.717, 1.165) is 29.2 Å². The Kier molecular flexibility index (Phi) is 6.49. The van der Waals surface area contributed by atoms with Gasteiger partial charge in [0.15, 0.2) is 5.96 Å². The summed E-state index contributed by atoms with van der Waals surface area (Å²) < 4.78 is 2.68. The standard InChI is InChI=1S/C18H22ClN5OS/c1-2-20-18(22-11-14(25)15-6-7-16(19)26-15)21-9-8-13-12-24-10-4-3-5-17(24)23-13/h3-7,10,12,14,25H,2,8-9,11H2,1H3,(H2,20,21,22). The first-order chi connectivity index (χ1) is 12.7. The Morgan fingerprint density at radius 1 is 1.35 bits per heavy atom. The van der Waals surface area contributed by atoms with Crippen LogP contribution in [0, 0.1) is 0 Å². The van der Waals surface area contributed by atoms with E-state index in [0.29, 0.717) is 16.8 Å². The molecule has 0 aliphatic carbocycles. The second kappa shape index (κ2) is 9.02. The number of nitrogens with zero attached hydrogens (tertiary/aromatic N) is 3. The van der Waals surface area contributed by atoms with Gasteiger partial charge in [0.2, 0.25) is 0 Å². The number of aliphatic hydroxyl groups is 1. The van der Waals surface area contributed by atoms with Crippen molar-refractivity contribution in [2.45, 2.75) is 19.4 Å². The van der Waals surface area contributed by atoms with Gasteiger partial charge in [0.05, 0.1) is 16.6 Å². The number of hydrogen-bond donors (Lipinski definition) is 3. The number of aliphatic imine (C=N–C) groups is 1. The van der Waals surface area contributed by atoms with Gasteiger partial charge < -0.3 is 20.1 Å². The minimum absolute atomic E-state index is 0.278. The Hall–Kier alpha value is -2.09. The van der Waals surface area contributed by atoms with Crippen molar-refractivity contribution in [1.29, 1.82) is 0 Å². The van der Waals surface area contributed by atoms with Crippen LogP contribution in [0.5, 0.6) is 0 Å². The fourth-order valence-electron chi connectivity index (χ4n) is 2.53. The van der Waals surface area contributed by atoms with Crippen LogP contribution in [0.25, 0.3) is 5.65 Å². The lowest BCUT2D eigenvalue weighted by atomic mass is 10.3. The highest BCUT2D eigenvalue weighted by Gasteiger charge is 2.10. The molecule has 0 spiro atoms. The van der Waals surface area contributed by atoms with Gasteiger partial charge in [0.25, 0.3) is 0 Å². The maximum absolute atomic E-state index is 10.2. The van der Waals surface area contributed by atoms with Crippen molar-refractivity contribution in [1.82, 2.24) is 20.0 Å². The molecule has 0 aromatic carbocycles. The molecule has 3 rings (SSSR count). The SMILES string of the molecule is CCNC(=NCC(O)c1ccc(Cl)s1)NCCc1cn2ccccc2n1. The quantitative estimate of drug-likeness (QED) is 0.427. The Balaban J connectivity index is 1.53.